The summed E-state index contributed by atoms with van der Waals surface area (Å²) in [4.78, 5) is 4.40. The van der Waals surface area contributed by atoms with Gasteiger partial charge in [0.1, 0.15) is 0 Å². The van der Waals surface area contributed by atoms with Gasteiger partial charge in [0.05, 0.1) is 6.04 Å². The summed E-state index contributed by atoms with van der Waals surface area (Å²) in [6, 6.07) is 19.1. The van der Waals surface area contributed by atoms with Gasteiger partial charge in [0.2, 0.25) is 0 Å². The van der Waals surface area contributed by atoms with Gasteiger partial charge in [-0.3, -0.25) is 4.98 Å². The fourth-order valence-electron chi connectivity index (χ4n) is 2.63. The van der Waals surface area contributed by atoms with Crippen LogP contribution in [0.1, 0.15) is 24.1 Å². The Labute approximate surface area is 119 Å². The zero-order valence-corrected chi connectivity index (χ0v) is 11.6. The third-order valence-corrected chi connectivity index (χ3v) is 3.55. The van der Waals surface area contributed by atoms with Crippen molar-refractivity contribution < 1.29 is 0 Å². The molecule has 3 aromatic rings. The highest BCUT2D eigenvalue weighted by Gasteiger charge is 2.15. The van der Waals surface area contributed by atoms with E-state index in [1.54, 1.807) is 0 Å². The second kappa shape index (κ2) is 5.85. The molecule has 0 amide bonds. The maximum Gasteiger partial charge on any atom is 0.0598 e. The van der Waals surface area contributed by atoms with E-state index in [1.165, 1.54) is 21.9 Å². The number of aromatic nitrogens is 1. The molecular formula is C18H18N2. The van der Waals surface area contributed by atoms with Gasteiger partial charge in [0.25, 0.3) is 0 Å². The lowest BCUT2D eigenvalue weighted by molar-refractivity contribution is 0.633. The summed E-state index contributed by atoms with van der Waals surface area (Å²) in [6.45, 7) is 3.05. The number of hydrogen-bond acceptors (Lipinski definition) is 2. The molecule has 1 aromatic heterocycles. The van der Waals surface area contributed by atoms with E-state index in [0.717, 1.165) is 6.54 Å². The minimum absolute atomic E-state index is 0.180. The number of pyridine rings is 1. The highest BCUT2D eigenvalue weighted by Crippen LogP contribution is 2.27. The summed E-state index contributed by atoms with van der Waals surface area (Å²) in [5.41, 5.74) is 2.50. The number of rotatable bonds is 4. The molecule has 0 aliphatic carbocycles. The molecule has 0 radical (unpaired) electrons. The zero-order valence-electron chi connectivity index (χ0n) is 11.6. The lowest BCUT2D eigenvalue weighted by Gasteiger charge is -2.20. The summed E-state index contributed by atoms with van der Waals surface area (Å²) in [6.07, 6.45) is 3.90. The van der Waals surface area contributed by atoms with Crippen molar-refractivity contribution in [2.75, 3.05) is 6.54 Å². The summed E-state index contributed by atoms with van der Waals surface area (Å²) < 4.78 is 0. The van der Waals surface area contributed by atoms with Crippen LogP contribution in [0, 0.1) is 0 Å². The van der Waals surface area contributed by atoms with Crippen LogP contribution in [0.5, 0.6) is 0 Å². The predicted molar refractivity (Wildman–Crippen MR) is 83.7 cm³/mol. The van der Waals surface area contributed by atoms with E-state index in [4.69, 9.17) is 0 Å². The minimum Gasteiger partial charge on any atom is -0.306 e. The van der Waals surface area contributed by atoms with Crippen molar-refractivity contribution >= 4 is 10.8 Å². The van der Waals surface area contributed by atoms with Gasteiger partial charge in [0, 0.05) is 17.8 Å². The van der Waals surface area contributed by atoms with E-state index in [1.807, 2.05) is 18.5 Å². The van der Waals surface area contributed by atoms with Crippen LogP contribution in [0.2, 0.25) is 0 Å². The van der Waals surface area contributed by atoms with Gasteiger partial charge in [-0.15, -0.1) is 0 Å². The van der Waals surface area contributed by atoms with Crippen LogP contribution in [0.3, 0.4) is 0 Å². The summed E-state index contributed by atoms with van der Waals surface area (Å²) in [7, 11) is 0. The largest absolute Gasteiger partial charge is 0.306 e. The average molecular weight is 262 g/mol. The number of benzene rings is 2. The highest BCUT2D eigenvalue weighted by molar-refractivity contribution is 5.85. The van der Waals surface area contributed by atoms with E-state index in [-0.39, 0.29) is 6.04 Å². The van der Waals surface area contributed by atoms with Crippen LogP contribution in [0.4, 0.5) is 0 Å². The molecule has 0 fully saturated rings. The Morgan fingerprint density at radius 1 is 0.950 bits per heavy atom. The Hall–Kier alpha value is -2.19. The SMILES string of the molecule is CCNC(c1ccccc1)c1cncc2ccccc12. The van der Waals surface area contributed by atoms with E-state index in [9.17, 15) is 0 Å². The molecule has 0 bridgehead atoms. The van der Waals surface area contributed by atoms with Crippen LogP contribution in [-0.2, 0) is 0 Å². The molecule has 1 N–H and O–H groups in total. The second-order valence-corrected chi connectivity index (χ2v) is 4.85. The third-order valence-electron chi connectivity index (χ3n) is 3.55. The molecule has 1 unspecified atom stereocenters. The van der Waals surface area contributed by atoms with Crippen molar-refractivity contribution in [3.8, 4) is 0 Å². The first kappa shape index (κ1) is 12.8. The van der Waals surface area contributed by atoms with Crippen molar-refractivity contribution in [2.45, 2.75) is 13.0 Å². The molecule has 20 heavy (non-hydrogen) atoms. The predicted octanol–water partition coefficient (Wildman–Crippen LogP) is 3.93. The monoisotopic (exact) mass is 262 g/mol. The molecule has 0 saturated heterocycles. The Morgan fingerprint density at radius 2 is 1.70 bits per heavy atom. The van der Waals surface area contributed by atoms with Crippen LogP contribution >= 0.6 is 0 Å². The Bertz CT molecular complexity index is 687. The first-order valence-corrected chi connectivity index (χ1v) is 7.01. The van der Waals surface area contributed by atoms with Crippen molar-refractivity contribution in [2.24, 2.45) is 0 Å². The lowest BCUT2D eigenvalue weighted by atomic mass is 9.96. The second-order valence-electron chi connectivity index (χ2n) is 4.85. The van der Waals surface area contributed by atoms with Crippen LogP contribution in [-0.4, -0.2) is 11.5 Å². The normalized spacial score (nSPS) is 12.4. The first-order valence-electron chi connectivity index (χ1n) is 7.01. The fourth-order valence-corrected chi connectivity index (χ4v) is 2.63. The number of hydrogen-bond donors (Lipinski definition) is 1. The fraction of sp³-hybridized carbons (Fsp3) is 0.167. The molecule has 2 heteroatoms. The molecule has 1 heterocycles. The number of fused-ring (bicyclic) bond motifs is 1. The van der Waals surface area contributed by atoms with Gasteiger partial charge in [-0.2, -0.15) is 0 Å². The smallest absolute Gasteiger partial charge is 0.0598 e. The summed E-state index contributed by atoms with van der Waals surface area (Å²) in [5.74, 6) is 0. The average Bonchev–Trinajstić information content (AvgIpc) is 2.53. The quantitative estimate of drug-likeness (QED) is 0.770. The Balaban J connectivity index is 2.15. The van der Waals surface area contributed by atoms with Gasteiger partial charge < -0.3 is 5.32 Å². The van der Waals surface area contributed by atoms with Gasteiger partial charge in [0.15, 0.2) is 0 Å². The van der Waals surface area contributed by atoms with E-state index >= 15 is 0 Å². The molecule has 100 valence electrons. The topological polar surface area (TPSA) is 24.9 Å². The number of nitrogens with one attached hydrogen (secondary N) is 1. The molecular weight excluding hydrogens is 244 g/mol. The molecule has 1 atom stereocenters. The maximum atomic E-state index is 4.40. The Kier molecular flexibility index (Phi) is 3.75. The van der Waals surface area contributed by atoms with Gasteiger partial charge in [-0.25, -0.2) is 0 Å². The molecule has 2 aromatic carbocycles. The van der Waals surface area contributed by atoms with Crippen LogP contribution in [0.25, 0.3) is 10.8 Å². The van der Waals surface area contributed by atoms with E-state index < -0.39 is 0 Å². The maximum absolute atomic E-state index is 4.40. The molecule has 0 aliphatic rings. The molecule has 0 spiro atoms. The highest BCUT2D eigenvalue weighted by atomic mass is 14.9. The van der Waals surface area contributed by atoms with Crippen molar-refractivity contribution in [1.82, 2.24) is 10.3 Å². The molecule has 3 rings (SSSR count). The number of nitrogens with zero attached hydrogens (tertiary/aromatic N) is 1. The standard InChI is InChI=1S/C18H18N2/c1-2-20-18(14-8-4-3-5-9-14)17-13-19-12-15-10-6-7-11-16(15)17/h3-13,18,20H,2H2,1H3. The van der Waals surface area contributed by atoms with Gasteiger partial charge in [-0.1, -0.05) is 61.5 Å². The van der Waals surface area contributed by atoms with Crippen molar-refractivity contribution in [3.63, 3.8) is 0 Å². The first-order chi connectivity index (χ1) is 9.90. The van der Waals surface area contributed by atoms with Gasteiger partial charge in [-0.05, 0) is 23.1 Å². The molecule has 2 nitrogen and oxygen atoms in total. The van der Waals surface area contributed by atoms with Crippen molar-refractivity contribution in [3.05, 3.63) is 78.1 Å². The van der Waals surface area contributed by atoms with E-state index in [0.29, 0.717) is 0 Å². The minimum atomic E-state index is 0.180. The summed E-state index contributed by atoms with van der Waals surface area (Å²) >= 11 is 0. The lowest BCUT2D eigenvalue weighted by Crippen LogP contribution is -2.22. The summed E-state index contributed by atoms with van der Waals surface area (Å²) in [5, 5.41) is 6.01. The van der Waals surface area contributed by atoms with Crippen LogP contribution in [0.15, 0.2) is 67.0 Å². The molecule has 0 aliphatic heterocycles. The molecule has 0 saturated carbocycles. The zero-order chi connectivity index (χ0) is 13.8. The van der Waals surface area contributed by atoms with Crippen molar-refractivity contribution in [1.29, 1.82) is 0 Å². The van der Waals surface area contributed by atoms with E-state index in [2.05, 4.69) is 65.8 Å². The third kappa shape index (κ3) is 2.43. The Morgan fingerprint density at radius 3 is 2.50 bits per heavy atom. The van der Waals surface area contributed by atoms with Gasteiger partial charge >= 0.3 is 0 Å². The van der Waals surface area contributed by atoms with Crippen LogP contribution < -0.4 is 5.32 Å².